The first-order valence-electron chi connectivity index (χ1n) is 8.82. The zero-order valence-corrected chi connectivity index (χ0v) is 17.2. The van der Waals surface area contributed by atoms with Gasteiger partial charge in [0.25, 0.3) is 17.4 Å². The van der Waals surface area contributed by atoms with E-state index in [2.05, 4.69) is 15.9 Å². The van der Waals surface area contributed by atoms with Gasteiger partial charge in [0.15, 0.2) is 0 Å². The summed E-state index contributed by atoms with van der Waals surface area (Å²) in [4.78, 5) is 38.6. The molecule has 0 saturated heterocycles. The van der Waals surface area contributed by atoms with Gasteiger partial charge in [-0.25, -0.2) is 4.39 Å². The minimum atomic E-state index is -0.495. The van der Waals surface area contributed by atoms with Crippen LogP contribution in [0.15, 0.2) is 51.7 Å². The Balaban J connectivity index is 0.00000109. The lowest BCUT2D eigenvalue weighted by atomic mass is 10.1. The summed E-state index contributed by atoms with van der Waals surface area (Å²) in [6.45, 7) is 3.94. The standard InChI is InChI=1S/C19H12BrFN2O3.C2H6/c1-22-15(24)8-10(11-6-7-14(21)16(20)17(11)22)9-23-18(25)12-4-2-3-5-13(12)19(23)26;1-2/h2-8H,9H2,1H3;1-2H3. The summed E-state index contributed by atoms with van der Waals surface area (Å²) in [5.74, 6) is -1.30. The van der Waals surface area contributed by atoms with Gasteiger partial charge in [-0.3, -0.25) is 19.3 Å². The van der Waals surface area contributed by atoms with E-state index in [-0.39, 0.29) is 16.6 Å². The first-order valence-corrected chi connectivity index (χ1v) is 9.61. The molecule has 0 saturated carbocycles. The van der Waals surface area contributed by atoms with Gasteiger partial charge < -0.3 is 4.57 Å². The van der Waals surface area contributed by atoms with Gasteiger partial charge in [0.05, 0.1) is 27.7 Å². The zero-order valence-electron chi connectivity index (χ0n) is 15.6. The fourth-order valence-corrected chi connectivity index (χ4v) is 3.86. The molecule has 0 unspecified atom stereocenters. The first-order chi connectivity index (χ1) is 13.4. The number of aromatic nitrogens is 1. The Morgan fingerprint density at radius 1 is 0.964 bits per heavy atom. The van der Waals surface area contributed by atoms with Gasteiger partial charge in [-0.2, -0.15) is 0 Å². The van der Waals surface area contributed by atoms with Crippen LogP contribution in [-0.4, -0.2) is 21.3 Å². The highest BCUT2D eigenvalue weighted by atomic mass is 79.9. The van der Waals surface area contributed by atoms with Crippen molar-refractivity contribution in [3.8, 4) is 0 Å². The number of hydrogen-bond donors (Lipinski definition) is 0. The molecule has 0 N–H and O–H groups in total. The van der Waals surface area contributed by atoms with E-state index >= 15 is 0 Å². The molecule has 5 nitrogen and oxygen atoms in total. The molecule has 0 radical (unpaired) electrons. The second-order valence-corrected chi connectivity index (χ2v) is 6.86. The van der Waals surface area contributed by atoms with Crippen molar-refractivity contribution in [2.24, 2.45) is 7.05 Å². The van der Waals surface area contributed by atoms with Crippen molar-refractivity contribution in [1.82, 2.24) is 9.47 Å². The third-order valence-corrected chi connectivity index (χ3v) is 5.34. The Morgan fingerprint density at radius 2 is 1.54 bits per heavy atom. The van der Waals surface area contributed by atoms with Crippen molar-refractivity contribution in [1.29, 1.82) is 0 Å². The lowest BCUT2D eigenvalue weighted by molar-refractivity contribution is 0.0643. The number of fused-ring (bicyclic) bond motifs is 2. The Morgan fingerprint density at radius 3 is 2.11 bits per heavy atom. The number of rotatable bonds is 2. The fourth-order valence-electron chi connectivity index (χ4n) is 3.24. The van der Waals surface area contributed by atoms with Crippen molar-refractivity contribution in [3.05, 3.63) is 79.8 Å². The molecule has 4 rings (SSSR count). The normalized spacial score (nSPS) is 12.8. The van der Waals surface area contributed by atoms with Crippen LogP contribution in [0.4, 0.5) is 4.39 Å². The molecule has 0 fully saturated rings. The third-order valence-electron chi connectivity index (χ3n) is 4.59. The van der Waals surface area contributed by atoms with Crippen LogP contribution >= 0.6 is 15.9 Å². The largest absolute Gasteiger partial charge is 0.310 e. The molecule has 1 aromatic heterocycles. The Kier molecular flexibility index (Phi) is 5.47. The van der Waals surface area contributed by atoms with Gasteiger partial charge in [0.1, 0.15) is 5.82 Å². The lowest BCUT2D eigenvalue weighted by Crippen LogP contribution is -2.30. The molecule has 144 valence electrons. The van der Waals surface area contributed by atoms with Gasteiger partial charge in [-0.1, -0.05) is 26.0 Å². The number of benzene rings is 2. The van der Waals surface area contributed by atoms with E-state index in [1.165, 1.54) is 16.7 Å². The van der Waals surface area contributed by atoms with Crippen molar-refractivity contribution < 1.29 is 14.0 Å². The van der Waals surface area contributed by atoms with Gasteiger partial charge in [0, 0.05) is 18.5 Å². The maximum absolute atomic E-state index is 13.9. The molecule has 28 heavy (non-hydrogen) atoms. The van der Waals surface area contributed by atoms with E-state index in [0.29, 0.717) is 27.6 Å². The summed E-state index contributed by atoms with van der Waals surface area (Å²) in [5, 5.41) is 0.594. The van der Waals surface area contributed by atoms with E-state index in [4.69, 9.17) is 0 Å². The number of carbonyl (C=O) groups excluding carboxylic acids is 2. The van der Waals surface area contributed by atoms with Crippen LogP contribution in [0.25, 0.3) is 10.9 Å². The van der Waals surface area contributed by atoms with Crippen LogP contribution < -0.4 is 5.56 Å². The number of nitrogens with zero attached hydrogens (tertiary/aromatic N) is 2. The predicted octanol–water partition coefficient (Wildman–Crippen LogP) is 4.26. The molecule has 7 heteroatoms. The highest BCUT2D eigenvalue weighted by Crippen LogP contribution is 2.30. The summed E-state index contributed by atoms with van der Waals surface area (Å²) in [6.07, 6.45) is 0. The highest BCUT2D eigenvalue weighted by molar-refractivity contribution is 9.10. The van der Waals surface area contributed by atoms with Crippen LogP contribution in [0.3, 0.4) is 0 Å². The predicted molar refractivity (Wildman–Crippen MR) is 109 cm³/mol. The molecule has 0 aliphatic carbocycles. The molecular weight excluding hydrogens is 427 g/mol. The zero-order chi connectivity index (χ0) is 20.6. The molecule has 2 aromatic carbocycles. The summed E-state index contributed by atoms with van der Waals surface area (Å²) in [7, 11) is 1.54. The van der Waals surface area contributed by atoms with Crippen molar-refractivity contribution in [2.45, 2.75) is 20.4 Å². The smallest absolute Gasteiger partial charge is 0.261 e. The number of hydrogen-bond acceptors (Lipinski definition) is 3. The first kappa shape index (κ1) is 19.9. The van der Waals surface area contributed by atoms with Crippen molar-refractivity contribution in [2.75, 3.05) is 0 Å². The molecular formula is C21H18BrFN2O3. The maximum atomic E-state index is 13.9. The van der Waals surface area contributed by atoms with Crippen molar-refractivity contribution in [3.63, 3.8) is 0 Å². The van der Waals surface area contributed by atoms with Crippen LogP contribution in [0.1, 0.15) is 40.1 Å². The maximum Gasteiger partial charge on any atom is 0.261 e. The summed E-state index contributed by atoms with van der Waals surface area (Å²) >= 11 is 3.18. The van der Waals surface area contributed by atoms with Crippen LogP contribution in [0.5, 0.6) is 0 Å². The topological polar surface area (TPSA) is 59.4 Å². The Bertz CT molecular complexity index is 1140. The second kappa shape index (κ2) is 7.67. The number of imide groups is 1. The fraction of sp³-hybridized carbons (Fsp3) is 0.190. The quantitative estimate of drug-likeness (QED) is 0.554. The number of aryl methyl sites for hydroxylation is 1. The minimum absolute atomic E-state index is 0.0585. The number of carbonyl (C=O) groups is 2. The van der Waals surface area contributed by atoms with E-state index < -0.39 is 17.6 Å². The van der Waals surface area contributed by atoms with Crippen molar-refractivity contribution >= 4 is 38.6 Å². The number of halogens is 2. The molecule has 3 aromatic rings. The molecule has 2 heterocycles. The molecule has 0 bridgehead atoms. The molecule has 0 atom stereocenters. The van der Waals surface area contributed by atoms with E-state index in [1.54, 1.807) is 37.4 Å². The minimum Gasteiger partial charge on any atom is -0.310 e. The summed E-state index contributed by atoms with van der Waals surface area (Å²) in [6, 6.07) is 10.8. The van der Waals surface area contributed by atoms with Gasteiger partial charge in [0.2, 0.25) is 0 Å². The highest BCUT2D eigenvalue weighted by Gasteiger charge is 2.35. The second-order valence-electron chi connectivity index (χ2n) is 6.07. The van der Waals surface area contributed by atoms with Gasteiger partial charge in [-0.05, 0) is 45.8 Å². The number of amides is 2. The number of pyridine rings is 1. The van der Waals surface area contributed by atoms with Crippen LogP contribution in [0.2, 0.25) is 0 Å². The average Bonchev–Trinajstić information content (AvgIpc) is 2.95. The third kappa shape index (κ3) is 3.05. The molecule has 2 amide bonds. The average molecular weight is 445 g/mol. The van der Waals surface area contributed by atoms with Crippen LogP contribution in [-0.2, 0) is 13.6 Å². The molecule has 0 spiro atoms. The van der Waals surface area contributed by atoms with Crippen LogP contribution in [0, 0.1) is 5.82 Å². The summed E-state index contributed by atoms with van der Waals surface area (Å²) in [5.41, 5.74) is 1.20. The Hall–Kier alpha value is -2.80. The molecule has 1 aliphatic heterocycles. The van der Waals surface area contributed by atoms with Gasteiger partial charge in [-0.15, -0.1) is 0 Å². The lowest BCUT2D eigenvalue weighted by Gasteiger charge is -2.17. The Labute approximate surface area is 169 Å². The van der Waals surface area contributed by atoms with E-state index in [0.717, 1.165) is 4.90 Å². The van der Waals surface area contributed by atoms with E-state index in [1.807, 2.05) is 13.8 Å². The van der Waals surface area contributed by atoms with E-state index in [9.17, 15) is 18.8 Å². The SMILES string of the molecule is CC.Cn1c(=O)cc(CN2C(=O)c3ccccc3C2=O)c2ccc(F)c(Br)c21. The monoisotopic (exact) mass is 444 g/mol. The summed E-state index contributed by atoms with van der Waals surface area (Å²) < 4.78 is 15.4. The molecule has 1 aliphatic rings. The van der Waals surface area contributed by atoms with Gasteiger partial charge >= 0.3 is 0 Å².